The van der Waals surface area contributed by atoms with Gasteiger partial charge >= 0.3 is 20.4 Å². The Labute approximate surface area is 111 Å². The second-order valence-electron chi connectivity index (χ2n) is 2.55. The zero-order chi connectivity index (χ0) is 12.6. The van der Waals surface area contributed by atoms with Crippen molar-refractivity contribution in [3.8, 4) is 0 Å². The summed E-state index contributed by atoms with van der Waals surface area (Å²) in [4.78, 5) is 23.9. The predicted molar refractivity (Wildman–Crippen MR) is 51.0 cm³/mol. The van der Waals surface area contributed by atoms with E-state index in [2.05, 4.69) is 4.98 Å². The standard InChI is InChI=1S/C7H5NO4.C2H8N2.Pd/c9-6(10)4-2-1-3-8-5(4)7(11)12;3-1-2-4;/h1-3H,(H,9,10)(H,11,12);1-4H2;/q;;+2/p-2. The Morgan fingerprint density at radius 3 is 2.00 bits per heavy atom. The third-order valence-electron chi connectivity index (χ3n) is 1.39. The van der Waals surface area contributed by atoms with E-state index in [4.69, 9.17) is 11.5 Å². The van der Waals surface area contributed by atoms with E-state index in [-0.39, 0.29) is 20.4 Å². The van der Waals surface area contributed by atoms with Gasteiger partial charge in [-0.1, -0.05) is 0 Å². The molecule has 4 N–H and O–H groups in total. The predicted octanol–water partition coefficient (Wildman–Crippen LogP) is -3.29. The topological polar surface area (TPSA) is 145 Å². The minimum absolute atomic E-state index is 0. The molecular formula is C9H11N3O4Pd. The molecule has 1 aromatic heterocycles. The van der Waals surface area contributed by atoms with Crippen molar-refractivity contribution in [3.63, 3.8) is 0 Å². The molecule has 96 valence electrons. The fourth-order valence-corrected chi connectivity index (χ4v) is 0.733. The minimum Gasteiger partial charge on any atom is -0.545 e. The minimum atomic E-state index is -1.63. The SMILES string of the molecule is NCCN.O=C([O-])c1cccnc1C(=O)[O-].[Pd+2]. The normalized spacial score (nSPS) is 8.35. The van der Waals surface area contributed by atoms with Gasteiger partial charge in [0.05, 0.1) is 17.6 Å². The number of nitrogens with zero attached hydrogens (tertiary/aromatic N) is 1. The van der Waals surface area contributed by atoms with E-state index in [0.717, 1.165) is 12.3 Å². The molecule has 0 unspecified atom stereocenters. The molecule has 1 aromatic rings. The van der Waals surface area contributed by atoms with E-state index in [1.54, 1.807) is 0 Å². The number of carboxylic acids is 2. The number of aromatic carboxylic acids is 2. The van der Waals surface area contributed by atoms with E-state index < -0.39 is 23.2 Å². The molecule has 0 aromatic carbocycles. The van der Waals surface area contributed by atoms with Crippen molar-refractivity contribution in [3.05, 3.63) is 29.6 Å². The van der Waals surface area contributed by atoms with E-state index in [0.29, 0.717) is 13.1 Å². The summed E-state index contributed by atoms with van der Waals surface area (Å²) in [5.74, 6) is -3.21. The number of hydrogen-bond acceptors (Lipinski definition) is 7. The average Bonchev–Trinajstić information content (AvgIpc) is 2.29. The molecular weight excluding hydrogens is 321 g/mol. The first kappa shape index (κ1) is 18.0. The van der Waals surface area contributed by atoms with Crippen LogP contribution in [0.15, 0.2) is 18.3 Å². The maximum Gasteiger partial charge on any atom is 2.00 e. The van der Waals surface area contributed by atoms with Crippen LogP contribution in [0.5, 0.6) is 0 Å². The van der Waals surface area contributed by atoms with Gasteiger partial charge in [-0.25, -0.2) is 0 Å². The Morgan fingerprint density at radius 2 is 1.71 bits per heavy atom. The van der Waals surface area contributed by atoms with Gasteiger partial charge in [0.2, 0.25) is 0 Å². The first-order chi connectivity index (χ1) is 7.54. The summed E-state index contributed by atoms with van der Waals surface area (Å²) in [6, 6.07) is 2.39. The number of pyridine rings is 1. The molecule has 0 aliphatic rings. The summed E-state index contributed by atoms with van der Waals surface area (Å²) in [6.45, 7) is 1.19. The second kappa shape index (κ2) is 9.87. The summed E-state index contributed by atoms with van der Waals surface area (Å²) < 4.78 is 0. The van der Waals surface area contributed by atoms with E-state index in [1.165, 1.54) is 6.07 Å². The molecule has 0 saturated carbocycles. The molecule has 0 fully saturated rings. The van der Waals surface area contributed by atoms with Crippen LogP contribution in [0.4, 0.5) is 0 Å². The molecule has 0 aliphatic carbocycles. The molecule has 0 aliphatic heterocycles. The summed E-state index contributed by atoms with van der Waals surface area (Å²) in [5, 5.41) is 20.5. The maximum atomic E-state index is 10.3. The van der Waals surface area contributed by atoms with Crippen molar-refractivity contribution in [1.29, 1.82) is 0 Å². The monoisotopic (exact) mass is 331 g/mol. The quantitative estimate of drug-likeness (QED) is 0.552. The number of aromatic nitrogens is 1. The zero-order valence-corrected chi connectivity index (χ0v) is 10.3. The Balaban J connectivity index is 0. The van der Waals surface area contributed by atoms with Crippen molar-refractivity contribution in [2.45, 2.75) is 0 Å². The van der Waals surface area contributed by atoms with Crippen LogP contribution in [0.1, 0.15) is 20.8 Å². The number of hydrogen-bond donors (Lipinski definition) is 2. The summed E-state index contributed by atoms with van der Waals surface area (Å²) in [5.41, 5.74) is 8.72. The van der Waals surface area contributed by atoms with Gasteiger partial charge in [-0.05, 0) is 12.1 Å². The third-order valence-corrected chi connectivity index (χ3v) is 1.39. The fraction of sp³-hybridized carbons (Fsp3) is 0.222. The fourth-order valence-electron chi connectivity index (χ4n) is 0.733. The van der Waals surface area contributed by atoms with Crippen LogP contribution >= 0.6 is 0 Å². The number of carboxylic acid groups (broad SMARTS) is 2. The molecule has 0 radical (unpaired) electrons. The Morgan fingerprint density at radius 1 is 1.18 bits per heavy atom. The Kier molecular flexibility index (Phi) is 10.5. The van der Waals surface area contributed by atoms with Gasteiger partial charge in [0.15, 0.2) is 0 Å². The van der Waals surface area contributed by atoms with Gasteiger partial charge in [0.1, 0.15) is 0 Å². The average molecular weight is 332 g/mol. The maximum absolute atomic E-state index is 10.3. The van der Waals surface area contributed by atoms with Gasteiger partial charge in [0, 0.05) is 24.8 Å². The van der Waals surface area contributed by atoms with Crippen molar-refractivity contribution < 1.29 is 40.2 Å². The second-order valence-corrected chi connectivity index (χ2v) is 2.55. The molecule has 0 amide bonds. The first-order valence-electron chi connectivity index (χ1n) is 4.32. The first-order valence-corrected chi connectivity index (χ1v) is 4.32. The number of nitrogens with two attached hydrogens (primary N) is 2. The van der Waals surface area contributed by atoms with Crippen molar-refractivity contribution in [2.75, 3.05) is 13.1 Å². The van der Waals surface area contributed by atoms with Crippen molar-refractivity contribution in [2.24, 2.45) is 11.5 Å². The van der Waals surface area contributed by atoms with Crippen LogP contribution in [-0.4, -0.2) is 30.0 Å². The van der Waals surface area contributed by atoms with E-state index in [1.807, 2.05) is 0 Å². The molecule has 0 atom stereocenters. The summed E-state index contributed by atoms with van der Waals surface area (Å²) in [7, 11) is 0. The van der Waals surface area contributed by atoms with Crippen LogP contribution in [-0.2, 0) is 20.4 Å². The van der Waals surface area contributed by atoms with Crippen molar-refractivity contribution in [1.82, 2.24) is 4.98 Å². The van der Waals surface area contributed by atoms with E-state index in [9.17, 15) is 19.8 Å². The molecule has 0 saturated heterocycles. The molecule has 1 rings (SSSR count). The molecule has 17 heavy (non-hydrogen) atoms. The summed E-state index contributed by atoms with van der Waals surface area (Å²) in [6.07, 6.45) is 1.16. The molecule has 8 heteroatoms. The van der Waals surface area contributed by atoms with Crippen LogP contribution < -0.4 is 21.7 Å². The number of rotatable bonds is 3. The largest absolute Gasteiger partial charge is 2.00 e. The zero-order valence-electron chi connectivity index (χ0n) is 8.70. The third kappa shape index (κ3) is 6.76. The van der Waals surface area contributed by atoms with Gasteiger partial charge in [-0.3, -0.25) is 4.98 Å². The Bertz CT molecular complexity index is 338. The van der Waals surface area contributed by atoms with Crippen LogP contribution in [0.25, 0.3) is 0 Å². The van der Waals surface area contributed by atoms with Crippen LogP contribution in [0.3, 0.4) is 0 Å². The van der Waals surface area contributed by atoms with Crippen molar-refractivity contribution >= 4 is 11.9 Å². The van der Waals surface area contributed by atoms with Gasteiger partial charge < -0.3 is 31.3 Å². The molecule has 0 bridgehead atoms. The molecule has 0 spiro atoms. The van der Waals surface area contributed by atoms with Crippen LogP contribution in [0.2, 0.25) is 0 Å². The van der Waals surface area contributed by atoms with Crippen LogP contribution in [0, 0.1) is 0 Å². The number of carbonyl (C=O) groups excluding carboxylic acids is 2. The van der Waals surface area contributed by atoms with E-state index >= 15 is 0 Å². The Hall–Kier alpha value is -1.33. The van der Waals surface area contributed by atoms with Gasteiger partial charge in [0.25, 0.3) is 0 Å². The number of carbonyl (C=O) groups is 2. The molecule has 7 nitrogen and oxygen atoms in total. The smallest absolute Gasteiger partial charge is 0.545 e. The van der Waals surface area contributed by atoms with Gasteiger partial charge in [-0.15, -0.1) is 0 Å². The summed E-state index contributed by atoms with van der Waals surface area (Å²) >= 11 is 0. The molecule has 1 heterocycles. The van der Waals surface area contributed by atoms with Gasteiger partial charge in [-0.2, -0.15) is 0 Å².